The van der Waals surface area contributed by atoms with Crippen LogP contribution in [0.4, 0.5) is 0 Å². The minimum absolute atomic E-state index is 0. The first-order valence-corrected chi connectivity index (χ1v) is 8.00. The fourth-order valence-corrected chi connectivity index (χ4v) is 0.681. The topological polar surface area (TPSA) is 34.1 Å². The molecule has 0 aliphatic rings. The summed E-state index contributed by atoms with van der Waals surface area (Å²) in [6.07, 6.45) is 8.28. The summed E-state index contributed by atoms with van der Waals surface area (Å²) in [4.78, 5) is 20.0. The fraction of sp³-hybridized carbons (Fsp3) is 0.889. The Bertz CT molecular complexity index is 213. The van der Waals surface area contributed by atoms with Crippen molar-refractivity contribution in [3.05, 3.63) is 0 Å². The van der Waals surface area contributed by atoms with Crippen LogP contribution in [0.25, 0.3) is 0 Å². The van der Waals surface area contributed by atoms with Crippen molar-refractivity contribution in [2.24, 2.45) is 17.3 Å². The molecule has 0 aromatic rings. The number of hydrogen-bond donors (Lipinski definition) is 0. The van der Waals surface area contributed by atoms with Crippen LogP contribution < -0.4 is 0 Å². The molecule has 0 saturated heterocycles. The van der Waals surface area contributed by atoms with E-state index in [0.29, 0.717) is 6.42 Å². The summed E-state index contributed by atoms with van der Waals surface area (Å²) in [5.41, 5.74) is -0.595. The average molecular weight is 373 g/mol. The van der Waals surface area contributed by atoms with Crippen molar-refractivity contribution < 1.29 is 42.3 Å². The van der Waals surface area contributed by atoms with Crippen molar-refractivity contribution in [1.29, 1.82) is 0 Å². The predicted molar refractivity (Wildman–Crippen MR) is 89.3 cm³/mol. The molecule has 1 radical (unpaired) electrons. The number of carbonyl (C=O) groups excluding carboxylic acids is 2. The minimum Gasteiger partial charge on any atom is -0.542 e. The van der Waals surface area contributed by atoms with E-state index in [2.05, 4.69) is 41.5 Å². The molecular formula is C18H36O2Y-2. The van der Waals surface area contributed by atoms with Gasteiger partial charge in [-0.2, -0.15) is 11.8 Å². The molecule has 1 unspecified atom stereocenters. The summed E-state index contributed by atoms with van der Waals surface area (Å²) in [7, 11) is 0. The summed E-state index contributed by atoms with van der Waals surface area (Å²) in [6.45, 7) is 16.9. The van der Waals surface area contributed by atoms with E-state index in [1.807, 2.05) is 13.2 Å². The molecule has 0 spiro atoms. The summed E-state index contributed by atoms with van der Waals surface area (Å²) < 4.78 is 0. The van der Waals surface area contributed by atoms with E-state index in [4.69, 9.17) is 0 Å². The first kappa shape index (κ1) is 29.5. The number of hydrogen-bond acceptors (Lipinski definition) is 2. The zero-order valence-electron chi connectivity index (χ0n) is 15.6. The molecule has 0 N–H and O–H groups in total. The van der Waals surface area contributed by atoms with E-state index < -0.39 is 5.41 Å². The Balaban J connectivity index is -0.000000106. The maximum atomic E-state index is 10.1. The first-order valence-electron chi connectivity index (χ1n) is 8.00. The molecule has 0 aliphatic heterocycles. The molecule has 3 heteroatoms. The zero-order chi connectivity index (χ0) is 16.6. The van der Waals surface area contributed by atoms with Crippen molar-refractivity contribution in [2.75, 3.05) is 0 Å². The Morgan fingerprint density at radius 2 is 1.29 bits per heavy atom. The van der Waals surface area contributed by atoms with Crippen LogP contribution in [0.3, 0.4) is 0 Å². The first-order chi connectivity index (χ1) is 9.26. The molecular weight excluding hydrogens is 337 g/mol. The van der Waals surface area contributed by atoms with Gasteiger partial charge >= 0.3 is 0 Å². The molecule has 0 saturated carbocycles. The Morgan fingerprint density at radius 3 is 1.33 bits per heavy atom. The second-order valence-corrected chi connectivity index (χ2v) is 6.06. The van der Waals surface area contributed by atoms with Crippen molar-refractivity contribution >= 4 is 12.6 Å². The Labute approximate surface area is 159 Å². The molecule has 0 aromatic carbocycles. The van der Waals surface area contributed by atoms with Gasteiger partial charge in [0.1, 0.15) is 0 Å². The molecule has 2 nitrogen and oxygen atoms in total. The smallest absolute Gasteiger partial charge is 0 e. The number of rotatable bonds is 7. The molecule has 0 amide bonds. The Morgan fingerprint density at radius 1 is 0.905 bits per heavy atom. The van der Waals surface area contributed by atoms with Crippen molar-refractivity contribution in [2.45, 2.75) is 87.5 Å². The minimum atomic E-state index is -0.595. The van der Waals surface area contributed by atoms with Crippen LogP contribution in [0.15, 0.2) is 0 Å². The maximum absolute atomic E-state index is 10.1. The molecule has 125 valence electrons. The summed E-state index contributed by atoms with van der Waals surface area (Å²) in [5, 5.41) is 0. The standard InChI is InChI=1S/C7H10O2.C6H14.C5H12.Y/c1-3-7(2,6-9)4-5-8;1-4-6(3)5-2;1-4-5(2)3;/h3-4H2,1-2H3;6H,4-5H2,1-3H3;5H,4H2,1-3H3;/q-2;;;. The van der Waals surface area contributed by atoms with E-state index in [0.717, 1.165) is 11.8 Å². The van der Waals surface area contributed by atoms with E-state index in [1.54, 1.807) is 13.2 Å². The Hall–Kier alpha value is 0.444. The molecule has 0 bridgehead atoms. The van der Waals surface area contributed by atoms with Gasteiger partial charge in [0.2, 0.25) is 0 Å². The molecule has 0 rings (SSSR count). The van der Waals surface area contributed by atoms with E-state index in [-0.39, 0.29) is 39.1 Å². The van der Waals surface area contributed by atoms with Gasteiger partial charge in [0.15, 0.2) is 0 Å². The summed E-state index contributed by atoms with van der Waals surface area (Å²) in [5.74, 6) is 1.82. The van der Waals surface area contributed by atoms with Gasteiger partial charge in [-0.05, 0) is 11.8 Å². The van der Waals surface area contributed by atoms with Crippen LogP contribution >= 0.6 is 0 Å². The third kappa shape index (κ3) is 25.7. The van der Waals surface area contributed by atoms with Gasteiger partial charge in [0.05, 0.1) is 0 Å². The van der Waals surface area contributed by atoms with Crippen molar-refractivity contribution in [3.8, 4) is 0 Å². The van der Waals surface area contributed by atoms with Gasteiger partial charge in [-0.25, -0.2) is 0 Å². The molecule has 0 aromatic heterocycles. The van der Waals surface area contributed by atoms with Crippen molar-refractivity contribution in [3.63, 3.8) is 0 Å². The van der Waals surface area contributed by atoms with E-state index >= 15 is 0 Å². The molecule has 0 aliphatic carbocycles. The van der Waals surface area contributed by atoms with Crippen LogP contribution in [0.2, 0.25) is 0 Å². The molecule has 0 heterocycles. The van der Waals surface area contributed by atoms with Gasteiger partial charge in [0.25, 0.3) is 0 Å². The third-order valence-corrected chi connectivity index (χ3v) is 3.70. The van der Waals surface area contributed by atoms with Gasteiger partial charge in [-0.3, -0.25) is 12.6 Å². The van der Waals surface area contributed by atoms with Gasteiger partial charge in [-0.1, -0.05) is 81.1 Å². The largest absolute Gasteiger partial charge is 0.542 e. The van der Waals surface area contributed by atoms with Gasteiger partial charge in [-0.15, -0.1) is 0 Å². The predicted octanol–water partition coefficient (Wildman–Crippen LogP) is 5.50. The average Bonchev–Trinajstić information content (AvgIpc) is 2.47. The van der Waals surface area contributed by atoms with Crippen LogP contribution in [0.5, 0.6) is 0 Å². The monoisotopic (exact) mass is 373 g/mol. The van der Waals surface area contributed by atoms with Gasteiger partial charge in [0, 0.05) is 32.7 Å². The van der Waals surface area contributed by atoms with E-state index in [9.17, 15) is 9.59 Å². The molecule has 0 fully saturated rings. The van der Waals surface area contributed by atoms with Crippen LogP contribution in [-0.2, 0) is 42.3 Å². The quantitative estimate of drug-likeness (QED) is 0.552. The second kappa shape index (κ2) is 20.4. The van der Waals surface area contributed by atoms with Crippen LogP contribution in [0, 0.1) is 17.3 Å². The normalized spacial score (nSPS) is 12.1. The summed E-state index contributed by atoms with van der Waals surface area (Å²) in [6, 6.07) is 0. The summed E-state index contributed by atoms with van der Waals surface area (Å²) >= 11 is 0. The third-order valence-electron chi connectivity index (χ3n) is 3.70. The van der Waals surface area contributed by atoms with Crippen LogP contribution in [0.1, 0.15) is 87.5 Å². The Kier molecular flexibility index (Phi) is 28.7. The second-order valence-electron chi connectivity index (χ2n) is 6.06. The maximum Gasteiger partial charge on any atom is 0 e. The van der Waals surface area contributed by atoms with E-state index in [1.165, 1.54) is 19.3 Å². The fourth-order valence-electron chi connectivity index (χ4n) is 0.681. The molecule has 1 atom stereocenters. The van der Waals surface area contributed by atoms with Crippen LogP contribution in [-0.4, -0.2) is 12.6 Å². The SMILES string of the molecule is CCC(C)([C-]=O)C[C-]=O.CCC(C)C.CCC(C)CC.[Y]. The van der Waals surface area contributed by atoms with Crippen molar-refractivity contribution in [1.82, 2.24) is 0 Å². The zero-order valence-corrected chi connectivity index (χ0v) is 18.4. The van der Waals surface area contributed by atoms with Gasteiger partial charge < -0.3 is 9.59 Å². The molecule has 21 heavy (non-hydrogen) atoms.